The van der Waals surface area contributed by atoms with Crippen molar-refractivity contribution in [1.29, 1.82) is 0 Å². The van der Waals surface area contributed by atoms with Gasteiger partial charge in [0.1, 0.15) is 5.75 Å². The van der Waals surface area contributed by atoms with E-state index in [4.69, 9.17) is 16.3 Å². The van der Waals surface area contributed by atoms with E-state index in [0.717, 1.165) is 10.8 Å². The van der Waals surface area contributed by atoms with Crippen molar-refractivity contribution < 1.29 is 14.6 Å². The lowest BCUT2D eigenvalue weighted by atomic mass is 9.93. The summed E-state index contributed by atoms with van der Waals surface area (Å²) in [6.45, 7) is 1.99. The molecule has 0 heterocycles. The van der Waals surface area contributed by atoms with E-state index in [1.165, 1.54) is 0 Å². The van der Waals surface area contributed by atoms with Gasteiger partial charge in [-0.05, 0) is 35.4 Å². The van der Waals surface area contributed by atoms with Crippen LogP contribution in [0.4, 0.5) is 4.79 Å². The minimum absolute atomic E-state index is 0.0837. The molecule has 0 radical (unpaired) electrons. The number of benzene rings is 3. The van der Waals surface area contributed by atoms with Crippen LogP contribution < -0.4 is 5.32 Å². The Morgan fingerprint density at radius 2 is 1.84 bits per heavy atom. The normalized spacial score (nSPS) is 11.9. The number of alkyl carbamates (subject to hydrolysis) is 1. The van der Waals surface area contributed by atoms with Crippen molar-refractivity contribution in [2.75, 3.05) is 6.61 Å². The third-order valence-electron chi connectivity index (χ3n) is 3.99. The van der Waals surface area contributed by atoms with Crippen LogP contribution in [0.15, 0.2) is 60.7 Å². The summed E-state index contributed by atoms with van der Waals surface area (Å²) in [7, 11) is 0. The van der Waals surface area contributed by atoms with Crippen LogP contribution in [-0.4, -0.2) is 17.8 Å². The Labute approximate surface area is 151 Å². The van der Waals surface area contributed by atoms with Crippen molar-refractivity contribution in [2.45, 2.75) is 13.0 Å². The number of halogens is 1. The molecule has 1 amide bonds. The average molecular weight is 356 g/mol. The number of fused-ring (bicyclic) bond motifs is 1. The first-order chi connectivity index (χ1) is 12.1. The van der Waals surface area contributed by atoms with Crippen molar-refractivity contribution in [1.82, 2.24) is 5.32 Å². The van der Waals surface area contributed by atoms with Gasteiger partial charge < -0.3 is 15.2 Å². The number of carbonyl (C=O) groups excluding carboxylic acids is 1. The van der Waals surface area contributed by atoms with E-state index >= 15 is 0 Å². The first-order valence-electron chi connectivity index (χ1n) is 8.00. The Bertz CT molecular complexity index is 910. The van der Waals surface area contributed by atoms with Crippen molar-refractivity contribution >= 4 is 28.5 Å². The highest BCUT2D eigenvalue weighted by Crippen LogP contribution is 2.38. The minimum Gasteiger partial charge on any atom is -0.508 e. The van der Waals surface area contributed by atoms with Crippen LogP contribution in [0.2, 0.25) is 5.02 Å². The van der Waals surface area contributed by atoms with Gasteiger partial charge in [0, 0.05) is 10.6 Å². The van der Waals surface area contributed by atoms with Crippen LogP contribution in [-0.2, 0) is 4.74 Å². The van der Waals surface area contributed by atoms with E-state index in [1.54, 1.807) is 19.1 Å². The van der Waals surface area contributed by atoms with Gasteiger partial charge in [-0.1, -0.05) is 60.1 Å². The topological polar surface area (TPSA) is 58.6 Å². The molecule has 1 unspecified atom stereocenters. The number of amides is 1. The Morgan fingerprint density at radius 3 is 2.60 bits per heavy atom. The number of carbonyl (C=O) groups is 1. The quantitative estimate of drug-likeness (QED) is 0.689. The van der Waals surface area contributed by atoms with Crippen molar-refractivity contribution in [2.24, 2.45) is 0 Å². The largest absolute Gasteiger partial charge is 0.508 e. The summed E-state index contributed by atoms with van der Waals surface area (Å²) in [5.74, 6) is 0.0837. The van der Waals surface area contributed by atoms with Gasteiger partial charge in [-0.2, -0.15) is 0 Å². The molecular weight excluding hydrogens is 338 g/mol. The molecule has 1 atom stereocenters. The molecule has 3 aromatic rings. The molecule has 0 fully saturated rings. The monoisotopic (exact) mass is 355 g/mol. The van der Waals surface area contributed by atoms with E-state index in [1.807, 2.05) is 48.5 Å². The second-order valence-electron chi connectivity index (χ2n) is 5.54. The number of hydrogen-bond donors (Lipinski definition) is 2. The van der Waals surface area contributed by atoms with Crippen molar-refractivity contribution in [3.63, 3.8) is 0 Å². The van der Waals surface area contributed by atoms with Gasteiger partial charge in [-0.25, -0.2) is 4.79 Å². The van der Waals surface area contributed by atoms with Gasteiger partial charge in [-0.3, -0.25) is 0 Å². The molecule has 5 heteroatoms. The highest BCUT2D eigenvalue weighted by Gasteiger charge is 2.24. The van der Waals surface area contributed by atoms with Crippen molar-refractivity contribution in [3.05, 3.63) is 76.8 Å². The SMILES string of the molecule is CCOC(=O)NC(c1ccccc1Cl)c1c(O)ccc2ccccc12. The number of phenolic OH excluding ortho intramolecular Hbond substituents is 1. The molecule has 0 bridgehead atoms. The lowest BCUT2D eigenvalue weighted by Crippen LogP contribution is -2.30. The third kappa shape index (κ3) is 3.54. The summed E-state index contributed by atoms with van der Waals surface area (Å²) in [6.07, 6.45) is -0.570. The predicted molar refractivity (Wildman–Crippen MR) is 99.1 cm³/mol. The molecule has 3 aromatic carbocycles. The maximum absolute atomic E-state index is 12.1. The molecular formula is C20H18ClNO3. The predicted octanol–water partition coefficient (Wildman–Crippen LogP) is 5.03. The molecule has 0 aliphatic heterocycles. The molecule has 0 spiro atoms. The second-order valence-corrected chi connectivity index (χ2v) is 5.95. The molecule has 128 valence electrons. The van der Waals surface area contributed by atoms with Crippen molar-refractivity contribution in [3.8, 4) is 5.75 Å². The van der Waals surface area contributed by atoms with Crippen LogP contribution in [0.1, 0.15) is 24.1 Å². The summed E-state index contributed by atoms with van der Waals surface area (Å²) in [6, 6.07) is 17.7. The number of hydrogen-bond acceptors (Lipinski definition) is 3. The Kier molecular flexibility index (Phi) is 5.10. The fraction of sp³-hybridized carbons (Fsp3) is 0.150. The summed E-state index contributed by atoms with van der Waals surface area (Å²) in [5.41, 5.74) is 1.27. The molecule has 2 N–H and O–H groups in total. The standard InChI is InChI=1S/C20H18ClNO3/c1-2-25-20(24)22-19(15-9-5-6-10-16(15)21)18-14-8-4-3-7-13(14)11-12-17(18)23/h3-12,19,23H,2H2,1H3,(H,22,24). The molecule has 0 aromatic heterocycles. The Morgan fingerprint density at radius 1 is 1.12 bits per heavy atom. The van der Waals surface area contributed by atoms with Gasteiger partial charge in [0.25, 0.3) is 0 Å². The van der Waals surface area contributed by atoms with Crippen LogP contribution in [0.3, 0.4) is 0 Å². The Balaban J connectivity index is 2.20. The molecule has 3 rings (SSSR count). The van der Waals surface area contributed by atoms with Gasteiger partial charge in [-0.15, -0.1) is 0 Å². The van der Waals surface area contributed by atoms with Gasteiger partial charge in [0.2, 0.25) is 0 Å². The van der Waals surface area contributed by atoms with Gasteiger partial charge in [0.05, 0.1) is 12.6 Å². The summed E-state index contributed by atoms with van der Waals surface area (Å²) in [5, 5.41) is 15.6. The highest BCUT2D eigenvalue weighted by atomic mass is 35.5. The minimum atomic E-state index is -0.640. The molecule has 0 aliphatic rings. The third-order valence-corrected chi connectivity index (χ3v) is 4.33. The zero-order chi connectivity index (χ0) is 17.8. The molecule has 0 saturated carbocycles. The number of aromatic hydroxyl groups is 1. The van der Waals surface area contributed by atoms with E-state index < -0.39 is 12.1 Å². The molecule has 25 heavy (non-hydrogen) atoms. The maximum atomic E-state index is 12.1. The van der Waals surface area contributed by atoms with E-state index in [0.29, 0.717) is 16.1 Å². The number of rotatable bonds is 4. The smallest absolute Gasteiger partial charge is 0.407 e. The summed E-state index contributed by atoms with van der Waals surface area (Å²) < 4.78 is 5.03. The zero-order valence-corrected chi connectivity index (χ0v) is 14.5. The molecule has 4 nitrogen and oxygen atoms in total. The lowest BCUT2D eigenvalue weighted by Gasteiger charge is -2.23. The number of phenols is 1. The van der Waals surface area contributed by atoms with Crippen LogP contribution >= 0.6 is 11.6 Å². The van der Waals surface area contributed by atoms with Gasteiger partial charge in [0.15, 0.2) is 0 Å². The number of ether oxygens (including phenoxy) is 1. The van der Waals surface area contributed by atoms with E-state index in [-0.39, 0.29) is 12.4 Å². The van der Waals surface area contributed by atoms with Gasteiger partial charge >= 0.3 is 6.09 Å². The zero-order valence-electron chi connectivity index (χ0n) is 13.7. The van der Waals surface area contributed by atoms with Crippen LogP contribution in [0.25, 0.3) is 10.8 Å². The van der Waals surface area contributed by atoms with Crippen LogP contribution in [0, 0.1) is 0 Å². The van der Waals surface area contributed by atoms with E-state index in [9.17, 15) is 9.90 Å². The molecule has 0 aliphatic carbocycles. The first-order valence-corrected chi connectivity index (χ1v) is 8.38. The fourth-order valence-electron chi connectivity index (χ4n) is 2.89. The van der Waals surface area contributed by atoms with E-state index in [2.05, 4.69) is 5.32 Å². The second kappa shape index (κ2) is 7.45. The lowest BCUT2D eigenvalue weighted by molar-refractivity contribution is 0.149. The van der Waals surface area contributed by atoms with Crippen LogP contribution in [0.5, 0.6) is 5.75 Å². The maximum Gasteiger partial charge on any atom is 0.407 e. The first kappa shape index (κ1) is 17.1. The highest BCUT2D eigenvalue weighted by molar-refractivity contribution is 6.31. The average Bonchev–Trinajstić information content (AvgIpc) is 2.61. The Hall–Kier alpha value is -2.72. The fourth-order valence-corrected chi connectivity index (χ4v) is 3.14. The number of nitrogens with one attached hydrogen (secondary N) is 1. The molecule has 0 saturated heterocycles. The summed E-state index contributed by atoms with van der Waals surface area (Å²) in [4.78, 5) is 12.1. The summed E-state index contributed by atoms with van der Waals surface area (Å²) >= 11 is 6.36.